The highest BCUT2D eigenvalue weighted by molar-refractivity contribution is 5.92. The molecule has 6 rings (SSSR count). The lowest BCUT2D eigenvalue weighted by Crippen LogP contribution is -2.42. The van der Waals surface area contributed by atoms with Crippen molar-refractivity contribution in [3.8, 4) is 11.5 Å². The number of anilines is 1. The molecule has 3 aromatic rings. The summed E-state index contributed by atoms with van der Waals surface area (Å²) in [6.45, 7) is 2.31. The number of urea groups is 1. The Labute approximate surface area is 204 Å². The lowest BCUT2D eigenvalue weighted by Gasteiger charge is -2.28. The van der Waals surface area contributed by atoms with Crippen molar-refractivity contribution in [2.45, 2.75) is 76.0 Å². The molecule has 2 aliphatic carbocycles. The molecule has 3 fully saturated rings. The monoisotopic (exact) mass is 476 g/mol. The predicted molar refractivity (Wildman–Crippen MR) is 129 cm³/mol. The predicted octanol–water partition coefficient (Wildman–Crippen LogP) is 5.31. The minimum Gasteiger partial charge on any atom is -0.339 e. The molecule has 0 radical (unpaired) electrons. The third kappa shape index (κ3) is 5.23. The Kier molecular flexibility index (Phi) is 6.22. The summed E-state index contributed by atoms with van der Waals surface area (Å²) in [7, 11) is 0. The van der Waals surface area contributed by atoms with Gasteiger partial charge in [-0.1, -0.05) is 22.8 Å². The maximum Gasteiger partial charge on any atom is 0.324 e. The molecule has 0 bridgehead atoms. The number of hydrogen-bond donors (Lipinski definition) is 0. The number of benzene rings is 1. The second-order valence-corrected chi connectivity index (χ2v) is 10.0. The molecule has 0 unspecified atom stereocenters. The summed E-state index contributed by atoms with van der Waals surface area (Å²) < 4.78 is 10.9. The van der Waals surface area contributed by atoms with Crippen LogP contribution in [0.4, 0.5) is 10.5 Å². The second-order valence-electron chi connectivity index (χ2n) is 10.0. The molecule has 9 heteroatoms. The number of likely N-dealkylation sites (tertiary alicyclic amines) is 1. The van der Waals surface area contributed by atoms with E-state index in [2.05, 4.69) is 20.3 Å². The van der Waals surface area contributed by atoms with Crippen molar-refractivity contribution in [1.29, 1.82) is 0 Å². The van der Waals surface area contributed by atoms with Crippen LogP contribution in [-0.4, -0.2) is 50.8 Å². The second kappa shape index (κ2) is 9.79. The molecule has 2 aromatic heterocycles. The Morgan fingerprint density at radius 1 is 0.943 bits per heavy atom. The quantitative estimate of drug-likeness (QED) is 0.365. The van der Waals surface area contributed by atoms with Crippen LogP contribution in [-0.2, 0) is 6.42 Å². The Morgan fingerprint density at radius 3 is 2.46 bits per heavy atom. The molecule has 0 spiro atoms. The fraction of sp³-hybridized carbons (Fsp3) is 0.577. The highest BCUT2D eigenvalue weighted by atomic mass is 16.5. The van der Waals surface area contributed by atoms with Crippen molar-refractivity contribution in [2.24, 2.45) is 0 Å². The highest BCUT2D eigenvalue weighted by Gasteiger charge is 2.30. The average Bonchev–Trinajstić information content (AvgIpc) is 3.74. The van der Waals surface area contributed by atoms with Crippen LogP contribution in [0.15, 0.2) is 33.3 Å². The topological polar surface area (TPSA) is 101 Å². The molecule has 1 saturated heterocycles. The van der Waals surface area contributed by atoms with Gasteiger partial charge in [-0.15, -0.1) is 0 Å². The third-order valence-corrected chi connectivity index (χ3v) is 7.10. The Bertz CT molecular complexity index is 1160. The molecular weight excluding hydrogens is 444 g/mol. The van der Waals surface area contributed by atoms with Crippen LogP contribution in [0, 0.1) is 0 Å². The van der Waals surface area contributed by atoms with Gasteiger partial charge >= 0.3 is 6.03 Å². The molecule has 184 valence electrons. The van der Waals surface area contributed by atoms with Crippen LogP contribution in [0.2, 0.25) is 0 Å². The molecule has 0 N–H and O–H groups in total. The molecule has 3 aliphatic rings. The van der Waals surface area contributed by atoms with E-state index in [0.717, 1.165) is 93.2 Å². The van der Waals surface area contributed by atoms with Crippen molar-refractivity contribution in [3.63, 3.8) is 0 Å². The van der Waals surface area contributed by atoms with Gasteiger partial charge in [0.25, 0.3) is 5.89 Å². The van der Waals surface area contributed by atoms with Crippen molar-refractivity contribution in [3.05, 3.63) is 41.8 Å². The Morgan fingerprint density at radius 2 is 1.69 bits per heavy atom. The molecule has 0 atom stereocenters. The van der Waals surface area contributed by atoms with E-state index in [1.54, 1.807) is 0 Å². The summed E-state index contributed by atoms with van der Waals surface area (Å²) in [6.07, 6.45) is 10.4. The first-order valence-corrected chi connectivity index (χ1v) is 13.1. The van der Waals surface area contributed by atoms with Gasteiger partial charge in [-0.3, -0.25) is 4.90 Å². The number of hydrogen-bond acceptors (Lipinski definition) is 7. The third-order valence-electron chi connectivity index (χ3n) is 7.10. The summed E-state index contributed by atoms with van der Waals surface area (Å²) in [5.74, 6) is 3.87. The van der Waals surface area contributed by atoms with Gasteiger partial charge in [-0.05, 0) is 69.6 Å². The van der Waals surface area contributed by atoms with Crippen molar-refractivity contribution in [2.75, 3.05) is 24.5 Å². The van der Waals surface area contributed by atoms with Gasteiger partial charge in [0.05, 0.1) is 0 Å². The summed E-state index contributed by atoms with van der Waals surface area (Å²) in [5.41, 5.74) is 1.72. The first-order valence-electron chi connectivity index (χ1n) is 13.1. The van der Waals surface area contributed by atoms with Gasteiger partial charge in [0.2, 0.25) is 5.89 Å². The van der Waals surface area contributed by atoms with Crippen LogP contribution in [0.3, 0.4) is 0 Å². The summed E-state index contributed by atoms with van der Waals surface area (Å²) >= 11 is 0. The lowest BCUT2D eigenvalue weighted by atomic mass is 10.1. The zero-order valence-electron chi connectivity index (χ0n) is 20.1. The van der Waals surface area contributed by atoms with Crippen molar-refractivity contribution in [1.82, 2.24) is 25.2 Å². The fourth-order valence-corrected chi connectivity index (χ4v) is 4.68. The van der Waals surface area contributed by atoms with E-state index in [4.69, 9.17) is 9.05 Å². The Hall–Kier alpha value is -3.23. The smallest absolute Gasteiger partial charge is 0.324 e. The van der Waals surface area contributed by atoms with Crippen LogP contribution < -0.4 is 4.90 Å². The van der Waals surface area contributed by atoms with Crippen molar-refractivity contribution >= 4 is 11.7 Å². The van der Waals surface area contributed by atoms with E-state index >= 15 is 0 Å². The normalized spacial score (nSPS) is 17.8. The van der Waals surface area contributed by atoms with Gasteiger partial charge in [-0.2, -0.15) is 9.97 Å². The number of aryl methyl sites for hydroxylation is 1. The van der Waals surface area contributed by atoms with Crippen molar-refractivity contribution < 1.29 is 13.8 Å². The minimum atomic E-state index is 0.0785. The van der Waals surface area contributed by atoms with Gasteiger partial charge in [0.1, 0.15) is 0 Å². The summed E-state index contributed by atoms with van der Waals surface area (Å²) in [4.78, 5) is 26.4. The molecule has 2 saturated carbocycles. The number of amides is 2. The lowest BCUT2D eigenvalue weighted by molar-refractivity contribution is 0.215. The summed E-state index contributed by atoms with van der Waals surface area (Å²) in [5, 5.41) is 8.24. The largest absolute Gasteiger partial charge is 0.339 e. The SMILES string of the molecule is O=C(N1CCCC1)N(CCCCCc1nc(C2CC2)no1)c1cccc(-c2nc(C3CC3)no2)c1. The van der Waals surface area contributed by atoms with Crippen LogP contribution >= 0.6 is 0 Å². The standard InChI is InChI=1S/C26H32N6O3/c33-26(31-14-4-5-15-31)32(16-3-1-2-9-22-27-23(29-34-22)18-10-11-18)21-8-6-7-20(17-21)25-28-24(30-35-25)19-12-13-19/h6-8,17-19H,1-5,9-16H2. The zero-order valence-corrected chi connectivity index (χ0v) is 20.1. The first-order chi connectivity index (χ1) is 17.2. The van der Waals surface area contributed by atoms with Gasteiger partial charge in [-0.25, -0.2) is 4.79 Å². The van der Waals surface area contributed by atoms with Crippen LogP contribution in [0.5, 0.6) is 0 Å². The van der Waals surface area contributed by atoms with Gasteiger partial charge < -0.3 is 13.9 Å². The molecule has 9 nitrogen and oxygen atoms in total. The maximum atomic E-state index is 13.4. The molecular formula is C26H32N6O3. The van der Waals surface area contributed by atoms with E-state index in [1.165, 1.54) is 12.8 Å². The van der Waals surface area contributed by atoms with E-state index < -0.39 is 0 Å². The average molecular weight is 477 g/mol. The minimum absolute atomic E-state index is 0.0785. The molecule has 1 aliphatic heterocycles. The first kappa shape index (κ1) is 22.2. The number of carbonyl (C=O) groups excluding carboxylic acids is 1. The van der Waals surface area contributed by atoms with E-state index in [-0.39, 0.29) is 6.03 Å². The molecule has 35 heavy (non-hydrogen) atoms. The highest BCUT2D eigenvalue weighted by Crippen LogP contribution is 2.39. The van der Waals surface area contributed by atoms with E-state index in [1.807, 2.05) is 34.1 Å². The van der Waals surface area contributed by atoms with Gasteiger partial charge in [0.15, 0.2) is 11.6 Å². The molecule has 1 aromatic carbocycles. The Balaban J connectivity index is 1.10. The van der Waals surface area contributed by atoms with E-state index in [0.29, 0.717) is 24.3 Å². The number of carbonyl (C=O) groups is 1. The van der Waals surface area contributed by atoms with Crippen LogP contribution in [0.25, 0.3) is 11.5 Å². The molecule has 2 amide bonds. The van der Waals surface area contributed by atoms with E-state index in [9.17, 15) is 4.79 Å². The van der Waals surface area contributed by atoms with Crippen LogP contribution in [0.1, 0.15) is 87.2 Å². The molecule has 3 heterocycles. The fourth-order valence-electron chi connectivity index (χ4n) is 4.68. The number of rotatable bonds is 10. The number of nitrogens with zero attached hydrogens (tertiary/aromatic N) is 6. The maximum absolute atomic E-state index is 13.4. The van der Waals surface area contributed by atoms with Gasteiger partial charge in [0, 0.05) is 49.1 Å². The number of unbranched alkanes of at least 4 members (excludes halogenated alkanes) is 2. The number of aromatic nitrogens is 4. The zero-order chi connectivity index (χ0) is 23.6. The summed E-state index contributed by atoms with van der Waals surface area (Å²) in [6, 6.07) is 7.99.